The van der Waals surface area contributed by atoms with Gasteiger partial charge in [-0.15, -0.1) is 0 Å². The number of aromatic nitrogens is 1. The molecule has 0 aliphatic heterocycles. The smallest absolute Gasteiger partial charge is 0.0468 e. The zero-order valence-electron chi connectivity index (χ0n) is 6.13. The van der Waals surface area contributed by atoms with Crippen LogP contribution >= 0.6 is 11.6 Å². The predicted molar refractivity (Wildman–Crippen MR) is 44.7 cm³/mol. The molecule has 0 saturated heterocycles. The average Bonchev–Trinajstić information content (AvgIpc) is 2.03. The molecule has 11 heavy (non-hydrogen) atoms. The number of hydrogen-bond donors (Lipinski definition) is 1. The number of aliphatic hydroxyl groups is 1. The molecule has 60 valence electrons. The molecule has 0 aromatic carbocycles. The largest absolute Gasteiger partial charge is 0.396 e. The van der Waals surface area contributed by atoms with Crippen LogP contribution in [0.1, 0.15) is 12.0 Å². The molecule has 1 aromatic rings. The first-order valence-electron chi connectivity index (χ1n) is 3.54. The van der Waals surface area contributed by atoms with Crippen molar-refractivity contribution in [2.75, 3.05) is 6.61 Å². The summed E-state index contributed by atoms with van der Waals surface area (Å²) in [5.74, 6) is 0. The van der Waals surface area contributed by atoms with Gasteiger partial charge in [0.25, 0.3) is 0 Å². The summed E-state index contributed by atoms with van der Waals surface area (Å²) in [6.07, 6.45) is 4.93. The average molecular weight is 172 g/mol. The van der Waals surface area contributed by atoms with Crippen molar-refractivity contribution in [1.29, 1.82) is 0 Å². The lowest BCUT2D eigenvalue weighted by Crippen LogP contribution is -1.90. The van der Waals surface area contributed by atoms with Crippen molar-refractivity contribution in [2.24, 2.45) is 0 Å². The van der Waals surface area contributed by atoms with Gasteiger partial charge in [0.2, 0.25) is 0 Å². The molecular weight excluding hydrogens is 162 g/mol. The third-order valence-corrected chi connectivity index (χ3v) is 1.82. The SMILES string of the molecule is OCCCc1cnccc1Cl. The minimum absolute atomic E-state index is 0.200. The summed E-state index contributed by atoms with van der Waals surface area (Å²) < 4.78 is 0. The Morgan fingerprint density at radius 2 is 2.36 bits per heavy atom. The van der Waals surface area contributed by atoms with Crippen LogP contribution in [-0.2, 0) is 6.42 Å². The van der Waals surface area contributed by atoms with Gasteiger partial charge in [-0.05, 0) is 24.5 Å². The van der Waals surface area contributed by atoms with Crippen molar-refractivity contribution in [3.05, 3.63) is 29.0 Å². The summed E-state index contributed by atoms with van der Waals surface area (Å²) in [6.45, 7) is 0.200. The van der Waals surface area contributed by atoms with E-state index in [1.807, 2.05) is 0 Å². The topological polar surface area (TPSA) is 33.1 Å². The van der Waals surface area contributed by atoms with Gasteiger partial charge in [0.15, 0.2) is 0 Å². The van der Waals surface area contributed by atoms with E-state index in [1.165, 1.54) is 0 Å². The van der Waals surface area contributed by atoms with E-state index in [1.54, 1.807) is 18.5 Å². The van der Waals surface area contributed by atoms with E-state index in [4.69, 9.17) is 16.7 Å². The predicted octanol–water partition coefficient (Wildman–Crippen LogP) is 1.66. The first kappa shape index (κ1) is 8.50. The van der Waals surface area contributed by atoms with Gasteiger partial charge in [-0.2, -0.15) is 0 Å². The summed E-state index contributed by atoms with van der Waals surface area (Å²) in [4.78, 5) is 3.93. The number of aliphatic hydroxyl groups excluding tert-OH is 1. The lowest BCUT2D eigenvalue weighted by atomic mass is 10.2. The molecule has 0 saturated carbocycles. The molecule has 1 heterocycles. The molecule has 0 aliphatic carbocycles. The van der Waals surface area contributed by atoms with Gasteiger partial charge in [0, 0.05) is 24.0 Å². The molecule has 3 heteroatoms. The zero-order valence-corrected chi connectivity index (χ0v) is 6.88. The van der Waals surface area contributed by atoms with Crippen LogP contribution < -0.4 is 0 Å². The lowest BCUT2D eigenvalue weighted by molar-refractivity contribution is 0.288. The summed E-state index contributed by atoms with van der Waals surface area (Å²) in [5.41, 5.74) is 1.00. The fourth-order valence-electron chi connectivity index (χ4n) is 0.864. The second kappa shape index (κ2) is 4.31. The van der Waals surface area contributed by atoms with E-state index in [2.05, 4.69) is 4.98 Å². The normalized spacial score (nSPS) is 10.0. The zero-order chi connectivity index (χ0) is 8.10. The second-order valence-electron chi connectivity index (χ2n) is 2.29. The highest BCUT2D eigenvalue weighted by Gasteiger charge is 1.97. The number of aryl methyl sites for hydroxylation is 1. The van der Waals surface area contributed by atoms with E-state index in [0.717, 1.165) is 23.4 Å². The Bertz CT molecular complexity index is 227. The Hall–Kier alpha value is -0.600. The number of nitrogens with zero attached hydrogens (tertiary/aromatic N) is 1. The fourth-order valence-corrected chi connectivity index (χ4v) is 1.06. The molecule has 1 N–H and O–H groups in total. The minimum Gasteiger partial charge on any atom is -0.396 e. The maximum atomic E-state index is 8.55. The maximum Gasteiger partial charge on any atom is 0.0468 e. The molecule has 2 nitrogen and oxygen atoms in total. The van der Waals surface area contributed by atoms with Crippen molar-refractivity contribution >= 4 is 11.6 Å². The Morgan fingerprint density at radius 1 is 1.55 bits per heavy atom. The molecule has 0 unspecified atom stereocenters. The van der Waals surface area contributed by atoms with Gasteiger partial charge in [-0.3, -0.25) is 4.98 Å². The molecule has 0 amide bonds. The van der Waals surface area contributed by atoms with Gasteiger partial charge in [0.1, 0.15) is 0 Å². The number of pyridine rings is 1. The van der Waals surface area contributed by atoms with E-state index >= 15 is 0 Å². The van der Waals surface area contributed by atoms with Crippen LogP contribution in [0.15, 0.2) is 18.5 Å². The van der Waals surface area contributed by atoms with Gasteiger partial charge >= 0.3 is 0 Å². The fraction of sp³-hybridized carbons (Fsp3) is 0.375. The Morgan fingerprint density at radius 3 is 3.00 bits per heavy atom. The third kappa shape index (κ3) is 2.48. The van der Waals surface area contributed by atoms with Crippen LogP contribution in [0.4, 0.5) is 0 Å². The van der Waals surface area contributed by atoms with E-state index in [9.17, 15) is 0 Å². The molecule has 0 fully saturated rings. The highest BCUT2D eigenvalue weighted by molar-refractivity contribution is 6.31. The second-order valence-corrected chi connectivity index (χ2v) is 2.70. The van der Waals surface area contributed by atoms with Crippen LogP contribution in [0.3, 0.4) is 0 Å². The van der Waals surface area contributed by atoms with Crippen LogP contribution in [-0.4, -0.2) is 16.7 Å². The van der Waals surface area contributed by atoms with Crippen molar-refractivity contribution in [1.82, 2.24) is 4.98 Å². The molecule has 0 aliphatic rings. The molecule has 0 bridgehead atoms. The third-order valence-electron chi connectivity index (χ3n) is 1.45. The van der Waals surface area contributed by atoms with E-state index < -0.39 is 0 Å². The lowest BCUT2D eigenvalue weighted by Gasteiger charge is -1.99. The van der Waals surface area contributed by atoms with E-state index in [-0.39, 0.29) is 6.61 Å². The standard InChI is InChI=1S/C8H10ClNO/c9-8-3-4-10-6-7(8)2-1-5-11/h3-4,6,11H,1-2,5H2. The molecule has 0 spiro atoms. The van der Waals surface area contributed by atoms with Crippen molar-refractivity contribution in [3.63, 3.8) is 0 Å². The molecular formula is C8H10ClNO. The maximum absolute atomic E-state index is 8.55. The van der Waals surface area contributed by atoms with Crippen molar-refractivity contribution < 1.29 is 5.11 Å². The van der Waals surface area contributed by atoms with Crippen molar-refractivity contribution in [2.45, 2.75) is 12.8 Å². The highest BCUT2D eigenvalue weighted by atomic mass is 35.5. The molecule has 0 atom stereocenters. The van der Waals surface area contributed by atoms with Gasteiger partial charge in [0.05, 0.1) is 0 Å². The minimum atomic E-state index is 0.200. The summed E-state index contributed by atoms with van der Waals surface area (Å²) in [6, 6.07) is 1.76. The van der Waals surface area contributed by atoms with E-state index in [0.29, 0.717) is 0 Å². The quantitative estimate of drug-likeness (QED) is 0.751. The summed E-state index contributed by atoms with van der Waals surface area (Å²) >= 11 is 5.84. The van der Waals surface area contributed by atoms with Gasteiger partial charge < -0.3 is 5.11 Å². The Labute approximate surface area is 70.8 Å². The van der Waals surface area contributed by atoms with Gasteiger partial charge in [-0.1, -0.05) is 11.6 Å². The molecule has 1 rings (SSSR count). The number of halogens is 1. The van der Waals surface area contributed by atoms with Gasteiger partial charge in [-0.25, -0.2) is 0 Å². The first-order valence-corrected chi connectivity index (χ1v) is 3.91. The monoisotopic (exact) mass is 171 g/mol. The molecule has 0 radical (unpaired) electrons. The number of rotatable bonds is 3. The first-order chi connectivity index (χ1) is 5.34. The van der Waals surface area contributed by atoms with Crippen LogP contribution in [0, 0.1) is 0 Å². The molecule has 1 aromatic heterocycles. The number of hydrogen-bond acceptors (Lipinski definition) is 2. The Kier molecular flexibility index (Phi) is 3.33. The van der Waals surface area contributed by atoms with Crippen LogP contribution in [0.2, 0.25) is 5.02 Å². The Balaban J connectivity index is 2.62. The summed E-state index contributed by atoms with van der Waals surface area (Å²) in [5, 5.41) is 9.29. The summed E-state index contributed by atoms with van der Waals surface area (Å²) in [7, 11) is 0. The van der Waals surface area contributed by atoms with Crippen LogP contribution in [0.25, 0.3) is 0 Å². The highest BCUT2D eigenvalue weighted by Crippen LogP contribution is 2.14. The van der Waals surface area contributed by atoms with Crippen molar-refractivity contribution in [3.8, 4) is 0 Å². The van der Waals surface area contributed by atoms with Crippen LogP contribution in [0.5, 0.6) is 0 Å².